The van der Waals surface area contributed by atoms with Crippen LogP contribution in [0.25, 0.3) is 0 Å². The highest BCUT2D eigenvalue weighted by molar-refractivity contribution is 7.17. The molecular weight excluding hydrogens is 456 g/mol. The van der Waals surface area contributed by atoms with Crippen LogP contribution in [0.3, 0.4) is 0 Å². The van der Waals surface area contributed by atoms with Crippen molar-refractivity contribution in [1.29, 1.82) is 0 Å². The predicted octanol–water partition coefficient (Wildman–Crippen LogP) is 6.75. The average molecular weight is 496 g/mol. The van der Waals surface area contributed by atoms with Crippen LogP contribution in [0, 0.1) is 5.41 Å². The van der Waals surface area contributed by atoms with Crippen LogP contribution in [-0.2, 0) is 13.0 Å². The van der Waals surface area contributed by atoms with E-state index in [0.29, 0.717) is 21.3 Å². The van der Waals surface area contributed by atoms with Gasteiger partial charge in [0.2, 0.25) is 0 Å². The van der Waals surface area contributed by atoms with Crippen LogP contribution in [0.1, 0.15) is 69.3 Å². The molecule has 2 aromatic rings. The van der Waals surface area contributed by atoms with Crippen molar-refractivity contribution >= 4 is 45.6 Å². The molecule has 1 aromatic carbocycles. The lowest BCUT2D eigenvalue weighted by molar-refractivity contribution is -0.929. The van der Waals surface area contributed by atoms with Gasteiger partial charge in [-0.3, -0.25) is 10.1 Å². The van der Waals surface area contributed by atoms with Crippen molar-refractivity contribution in [3.63, 3.8) is 0 Å². The maximum Gasteiger partial charge on any atom is 0.324 e. The largest absolute Gasteiger partial charge is 0.365 e. The first-order valence-corrected chi connectivity index (χ1v) is 12.8. The van der Waals surface area contributed by atoms with E-state index in [0.717, 1.165) is 41.0 Å². The number of anilines is 2. The fourth-order valence-electron chi connectivity index (χ4n) is 4.14. The molecule has 4 N–H and O–H groups in total. The quantitative estimate of drug-likeness (QED) is 0.410. The molecule has 1 atom stereocenters. The lowest BCUT2D eigenvalue weighted by Crippen LogP contribution is -2.51. The number of nitrogens with one attached hydrogen (secondary N) is 2. The Morgan fingerprint density at radius 3 is 2.18 bits per heavy atom. The lowest BCUT2D eigenvalue weighted by atomic mass is 9.92. The van der Waals surface area contributed by atoms with Gasteiger partial charge in [-0.2, -0.15) is 0 Å². The molecule has 1 aliphatic heterocycles. The number of benzene rings is 1. The van der Waals surface area contributed by atoms with Crippen LogP contribution >= 0.6 is 22.9 Å². The molecule has 0 bridgehead atoms. The number of quaternary nitrogens is 1. The van der Waals surface area contributed by atoms with Crippen LogP contribution in [0.2, 0.25) is 5.02 Å². The molecule has 0 spiro atoms. The highest BCUT2D eigenvalue weighted by Crippen LogP contribution is 2.39. The number of amides is 3. The number of likely N-dealkylation sites (N-methyl/N-ethyl adjacent to an activating group) is 1. The molecule has 184 valence electrons. The second-order valence-electron chi connectivity index (χ2n) is 9.13. The number of fused-ring (bicyclic) bond motifs is 1. The van der Waals surface area contributed by atoms with E-state index in [1.165, 1.54) is 11.3 Å². The number of nitrogens with two attached hydrogens (primary N) is 1. The zero-order valence-electron chi connectivity index (χ0n) is 21.3. The summed E-state index contributed by atoms with van der Waals surface area (Å²) in [5.41, 5.74) is 7.91. The van der Waals surface area contributed by atoms with Gasteiger partial charge in [0, 0.05) is 22.5 Å². The Bertz CT molecular complexity index is 935. The number of urea groups is 1. The predicted molar refractivity (Wildman–Crippen MR) is 142 cm³/mol. The van der Waals surface area contributed by atoms with E-state index in [4.69, 9.17) is 17.3 Å². The fraction of sp³-hybridized carbons (Fsp3) is 0.520. The summed E-state index contributed by atoms with van der Waals surface area (Å²) in [6, 6.07) is 6.41. The Hall–Kier alpha value is -2.09. The number of hydrogen-bond acceptors (Lipinski definition) is 3. The summed E-state index contributed by atoms with van der Waals surface area (Å²) >= 11 is 7.33. The molecule has 33 heavy (non-hydrogen) atoms. The lowest BCUT2D eigenvalue weighted by Gasteiger charge is -2.41. The van der Waals surface area contributed by atoms with Gasteiger partial charge < -0.3 is 15.5 Å². The number of primary amides is 1. The van der Waals surface area contributed by atoms with E-state index in [-0.39, 0.29) is 5.41 Å². The highest BCUT2D eigenvalue weighted by Gasteiger charge is 2.37. The minimum Gasteiger partial charge on any atom is -0.365 e. The molecule has 3 rings (SSSR count). The summed E-state index contributed by atoms with van der Waals surface area (Å²) in [5.74, 6) is -0.504. The third-order valence-corrected chi connectivity index (χ3v) is 6.33. The number of halogens is 1. The van der Waals surface area contributed by atoms with E-state index in [1.54, 1.807) is 24.3 Å². The van der Waals surface area contributed by atoms with Crippen molar-refractivity contribution in [2.45, 2.75) is 61.4 Å². The maximum absolute atomic E-state index is 12.5. The average Bonchev–Trinajstić information content (AvgIpc) is 3.07. The van der Waals surface area contributed by atoms with Crippen LogP contribution in [-0.4, -0.2) is 36.6 Å². The number of carbonyl (C=O) groups excluding carboxylic acids is 2. The third-order valence-electron chi connectivity index (χ3n) is 4.95. The Morgan fingerprint density at radius 2 is 1.67 bits per heavy atom. The van der Waals surface area contributed by atoms with Gasteiger partial charge in [-0.05, 0) is 29.8 Å². The summed E-state index contributed by atoms with van der Waals surface area (Å²) in [6.45, 7) is 17.5. The zero-order valence-corrected chi connectivity index (χ0v) is 22.8. The molecule has 0 aliphatic carbocycles. The van der Waals surface area contributed by atoms with Crippen LogP contribution < -0.4 is 16.4 Å². The Balaban J connectivity index is 0.00000129. The number of carbonyl (C=O) groups is 2. The van der Waals surface area contributed by atoms with Crippen molar-refractivity contribution in [1.82, 2.24) is 0 Å². The molecule has 8 heteroatoms. The van der Waals surface area contributed by atoms with Crippen LogP contribution in [0.15, 0.2) is 24.3 Å². The van der Waals surface area contributed by atoms with Crippen LogP contribution in [0.5, 0.6) is 0 Å². The second kappa shape index (κ2) is 12.4. The van der Waals surface area contributed by atoms with Gasteiger partial charge in [0.15, 0.2) is 0 Å². The molecule has 0 saturated carbocycles. The summed E-state index contributed by atoms with van der Waals surface area (Å²) in [4.78, 5) is 25.7. The molecule has 1 unspecified atom stereocenters. The first-order valence-electron chi connectivity index (χ1n) is 11.6. The van der Waals surface area contributed by atoms with Crippen molar-refractivity contribution in [3.8, 4) is 0 Å². The standard InChI is InChI=1S/C21H27ClN4O2S.2C2H6/c1-21(2,3)12-26(4)10-9-15-16(11-26)29-19(17(15)18(23)27)25-20(28)24-14-7-5-13(22)6-8-14;2*1-2/h5-8H,9-12H2,1-4H3,(H3-,23,24,25,27,28);2*1-2H3/p+1. The minimum absolute atomic E-state index is 0.204. The van der Waals surface area contributed by atoms with Gasteiger partial charge in [0.1, 0.15) is 11.5 Å². The van der Waals surface area contributed by atoms with E-state index < -0.39 is 11.9 Å². The van der Waals surface area contributed by atoms with E-state index in [2.05, 4.69) is 38.5 Å². The molecule has 2 heterocycles. The first kappa shape index (κ1) is 28.9. The number of thiophene rings is 1. The molecule has 3 amide bonds. The molecular formula is C25H40ClN4O2S+. The van der Waals surface area contributed by atoms with Crippen LogP contribution in [0.4, 0.5) is 15.5 Å². The first-order chi connectivity index (χ1) is 15.5. The zero-order chi connectivity index (χ0) is 25.4. The summed E-state index contributed by atoms with van der Waals surface area (Å²) in [6.07, 6.45) is 0.775. The van der Waals surface area contributed by atoms with Crippen molar-refractivity contribution in [3.05, 3.63) is 45.3 Å². The van der Waals surface area contributed by atoms with Crippen molar-refractivity contribution in [2.24, 2.45) is 11.1 Å². The smallest absolute Gasteiger partial charge is 0.324 e. The summed E-state index contributed by atoms with van der Waals surface area (Å²) in [5, 5.41) is 6.67. The van der Waals surface area contributed by atoms with Crippen molar-refractivity contribution < 1.29 is 14.1 Å². The second-order valence-corrected chi connectivity index (χ2v) is 10.7. The SMILES string of the molecule is CC.CC.CC(C)(C)C[N+]1(C)CCc2c(sc(NC(=O)Nc3ccc(Cl)cc3)c2C(N)=O)C1. The molecule has 0 saturated heterocycles. The highest BCUT2D eigenvalue weighted by atomic mass is 35.5. The minimum atomic E-state index is -0.504. The maximum atomic E-state index is 12.5. The van der Waals surface area contributed by atoms with E-state index in [1.807, 2.05) is 27.7 Å². The van der Waals surface area contributed by atoms with Gasteiger partial charge in [0.25, 0.3) is 5.91 Å². The molecule has 0 radical (unpaired) electrons. The molecule has 1 aromatic heterocycles. The number of nitrogens with zero attached hydrogens (tertiary/aromatic N) is 1. The molecule has 1 aliphatic rings. The Kier molecular flexibility index (Phi) is 10.9. The Labute approximate surface area is 208 Å². The third kappa shape index (κ3) is 8.32. The van der Waals surface area contributed by atoms with Gasteiger partial charge in [-0.15, -0.1) is 11.3 Å². The van der Waals surface area contributed by atoms with Gasteiger partial charge in [0.05, 0.1) is 30.6 Å². The fourth-order valence-corrected chi connectivity index (χ4v) is 5.68. The van der Waals surface area contributed by atoms with Crippen molar-refractivity contribution in [2.75, 3.05) is 30.8 Å². The van der Waals surface area contributed by atoms with E-state index >= 15 is 0 Å². The number of hydrogen-bond donors (Lipinski definition) is 3. The Morgan fingerprint density at radius 1 is 1.09 bits per heavy atom. The van der Waals surface area contributed by atoms with Gasteiger partial charge in [-0.25, -0.2) is 4.79 Å². The number of rotatable bonds is 4. The van der Waals surface area contributed by atoms with Gasteiger partial charge in [-0.1, -0.05) is 60.1 Å². The summed E-state index contributed by atoms with van der Waals surface area (Å²) in [7, 11) is 2.25. The van der Waals surface area contributed by atoms with Gasteiger partial charge >= 0.3 is 6.03 Å². The molecule has 0 fully saturated rings. The molecule has 6 nitrogen and oxygen atoms in total. The monoisotopic (exact) mass is 495 g/mol. The summed E-state index contributed by atoms with van der Waals surface area (Å²) < 4.78 is 0.908. The normalized spacial score (nSPS) is 16.9. The topological polar surface area (TPSA) is 84.2 Å². The van der Waals surface area contributed by atoms with E-state index in [9.17, 15) is 9.59 Å².